The highest BCUT2D eigenvalue weighted by atomic mass is 16.5. The molecule has 3 heteroatoms. The van der Waals surface area contributed by atoms with Crippen molar-refractivity contribution in [3.63, 3.8) is 0 Å². The smallest absolute Gasteiger partial charge is 0.164 e. The van der Waals surface area contributed by atoms with E-state index < -0.39 is 11.7 Å². The molecule has 25 heavy (non-hydrogen) atoms. The van der Waals surface area contributed by atoms with Gasteiger partial charge in [-0.15, -0.1) is 0 Å². The minimum atomic E-state index is -0.855. The van der Waals surface area contributed by atoms with Crippen LogP contribution in [0.25, 0.3) is 0 Å². The number of aliphatic imine (C=N–C) groups is 1. The zero-order valence-electron chi connectivity index (χ0n) is 15.0. The summed E-state index contributed by atoms with van der Waals surface area (Å²) < 4.78 is 6.30. The van der Waals surface area contributed by atoms with Crippen molar-refractivity contribution in [3.8, 4) is 5.75 Å². The van der Waals surface area contributed by atoms with Crippen LogP contribution in [0.4, 0.5) is 0 Å². The third-order valence-electron chi connectivity index (χ3n) is 4.56. The number of benzene rings is 2. The Labute approximate surface area is 149 Å². The molecule has 2 atom stereocenters. The molecule has 2 aromatic rings. The van der Waals surface area contributed by atoms with Crippen molar-refractivity contribution in [2.24, 2.45) is 4.99 Å². The average Bonchev–Trinajstić information content (AvgIpc) is 2.62. The lowest BCUT2D eigenvalue weighted by molar-refractivity contribution is -0.0172. The molecule has 0 aromatic heterocycles. The molecule has 3 rings (SSSR count). The van der Waals surface area contributed by atoms with Gasteiger partial charge >= 0.3 is 0 Å². The summed E-state index contributed by atoms with van der Waals surface area (Å²) in [6.45, 7) is 6.55. The van der Waals surface area contributed by atoms with E-state index in [1.165, 1.54) is 5.56 Å². The normalized spacial score (nSPS) is 21.1. The van der Waals surface area contributed by atoms with E-state index >= 15 is 0 Å². The van der Waals surface area contributed by atoms with Gasteiger partial charge in [0.2, 0.25) is 0 Å². The van der Waals surface area contributed by atoms with Crippen molar-refractivity contribution in [1.82, 2.24) is 0 Å². The summed E-state index contributed by atoms with van der Waals surface area (Å²) in [5, 5.41) is 11.0. The quantitative estimate of drug-likeness (QED) is 0.870. The molecule has 1 aliphatic heterocycles. The summed E-state index contributed by atoms with van der Waals surface area (Å²) in [7, 11) is 0. The van der Waals surface area contributed by atoms with E-state index in [1.807, 2.05) is 48.5 Å². The number of ether oxygens (including phenoxy) is 1. The number of hydrogen-bond acceptors (Lipinski definition) is 3. The molecule has 1 N–H and O–H groups in total. The van der Waals surface area contributed by atoms with E-state index in [0.29, 0.717) is 6.42 Å². The minimum absolute atomic E-state index is 0.0944. The molecule has 1 heterocycles. The maximum absolute atomic E-state index is 11.0. The van der Waals surface area contributed by atoms with Crippen LogP contribution in [0.15, 0.2) is 71.9 Å². The predicted molar refractivity (Wildman–Crippen MR) is 102 cm³/mol. The monoisotopic (exact) mass is 335 g/mol. The van der Waals surface area contributed by atoms with Crippen LogP contribution < -0.4 is 4.74 Å². The van der Waals surface area contributed by atoms with Gasteiger partial charge in [0.05, 0.1) is 0 Å². The molecule has 0 spiro atoms. The number of nitrogens with zero attached hydrogens (tertiary/aromatic N) is 1. The van der Waals surface area contributed by atoms with Crippen LogP contribution >= 0.6 is 0 Å². The second kappa shape index (κ2) is 6.85. The molecule has 0 fully saturated rings. The average molecular weight is 335 g/mol. The first-order valence-corrected chi connectivity index (χ1v) is 8.63. The zero-order valence-corrected chi connectivity index (χ0v) is 15.0. The first-order chi connectivity index (χ1) is 11.9. The molecule has 3 nitrogen and oxygen atoms in total. The van der Waals surface area contributed by atoms with E-state index in [-0.39, 0.29) is 5.41 Å². The van der Waals surface area contributed by atoms with Crippen molar-refractivity contribution in [2.45, 2.75) is 44.3 Å². The Kier molecular flexibility index (Phi) is 4.78. The van der Waals surface area contributed by atoms with Gasteiger partial charge in [-0.3, -0.25) is 4.99 Å². The molecular weight excluding hydrogens is 310 g/mol. The fraction of sp³-hybridized carbons (Fsp3) is 0.318. The molecule has 2 aromatic carbocycles. The molecule has 1 aliphatic rings. The molecule has 0 amide bonds. The van der Waals surface area contributed by atoms with Gasteiger partial charge in [0.15, 0.2) is 5.60 Å². The van der Waals surface area contributed by atoms with E-state index in [1.54, 1.807) is 12.4 Å². The van der Waals surface area contributed by atoms with Crippen LogP contribution in [-0.2, 0) is 5.41 Å². The van der Waals surface area contributed by atoms with E-state index in [9.17, 15) is 5.11 Å². The third-order valence-corrected chi connectivity index (χ3v) is 4.56. The molecule has 2 unspecified atom stereocenters. The summed E-state index contributed by atoms with van der Waals surface area (Å²) >= 11 is 0. The lowest BCUT2D eigenvalue weighted by atomic mass is 9.86. The topological polar surface area (TPSA) is 41.8 Å². The fourth-order valence-electron chi connectivity index (χ4n) is 2.99. The summed E-state index contributed by atoms with van der Waals surface area (Å²) in [6.07, 6.45) is 5.07. The maximum Gasteiger partial charge on any atom is 0.164 e. The Morgan fingerprint density at radius 1 is 1.04 bits per heavy atom. The van der Waals surface area contributed by atoms with Gasteiger partial charge in [0.1, 0.15) is 11.9 Å². The zero-order chi connectivity index (χ0) is 17.9. The van der Waals surface area contributed by atoms with Gasteiger partial charge in [-0.1, -0.05) is 63.2 Å². The van der Waals surface area contributed by atoms with Crippen LogP contribution in [0.3, 0.4) is 0 Å². The number of aliphatic hydroxyl groups is 1. The van der Waals surface area contributed by atoms with E-state index in [2.05, 4.69) is 37.9 Å². The lowest BCUT2D eigenvalue weighted by Crippen LogP contribution is -2.42. The Balaban J connectivity index is 1.89. The van der Waals surface area contributed by atoms with Gasteiger partial charge in [0, 0.05) is 18.8 Å². The second-order valence-corrected chi connectivity index (χ2v) is 7.50. The van der Waals surface area contributed by atoms with Crippen LogP contribution in [0.5, 0.6) is 5.75 Å². The van der Waals surface area contributed by atoms with Crippen LogP contribution in [0, 0.1) is 0 Å². The molecular formula is C22H25NO2. The highest BCUT2D eigenvalue weighted by Crippen LogP contribution is 2.36. The second-order valence-electron chi connectivity index (χ2n) is 7.50. The summed E-state index contributed by atoms with van der Waals surface area (Å²) in [5.41, 5.74) is 1.32. The van der Waals surface area contributed by atoms with Gasteiger partial charge in [-0.05, 0) is 34.8 Å². The fourth-order valence-corrected chi connectivity index (χ4v) is 2.99. The highest BCUT2D eigenvalue weighted by molar-refractivity contribution is 5.63. The van der Waals surface area contributed by atoms with Crippen molar-refractivity contribution >= 4 is 6.21 Å². The standard InChI is InChI=1S/C22H25NO2/c1-21(2,3)18-9-11-19(12-10-18)25-22(13-15-23-16-14-22)20(24)17-7-5-4-6-8-17/h4-13,15-16,20,24H,14H2,1-3H3. The Hall–Kier alpha value is -2.39. The maximum atomic E-state index is 11.0. The molecule has 0 saturated carbocycles. The number of rotatable bonds is 4. The van der Waals surface area contributed by atoms with E-state index in [0.717, 1.165) is 11.3 Å². The summed E-state index contributed by atoms with van der Waals surface area (Å²) in [6, 6.07) is 17.7. The van der Waals surface area contributed by atoms with Gasteiger partial charge < -0.3 is 9.84 Å². The lowest BCUT2D eigenvalue weighted by Gasteiger charge is -2.36. The Morgan fingerprint density at radius 2 is 1.72 bits per heavy atom. The van der Waals surface area contributed by atoms with Crippen molar-refractivity contribution < 1.29 is 9.84 Å². The predicted octanol–water partition coefficient (Wildman–Crippen LogP) is 4.82. The van der Waals surface area contributed by atoms with Crippen LogP contribution in [0.1, 0.15) is 44.4 Å². The molecule has 130 valence electrons. The van der Waals surface area contributed by atoms with Gasteiger partial charge in [0.25, 0.3) is 0 Å². The Morgan fingerprint density at radius 3 is 2.28 bits per heavy atom. The first kappa shape index (κ1) is 17.4. The molecule has 0 aliphatic carbocycles. The summed E-state index contributed by atoms with van der Waals surface area (Å²) in [5.74, 6) is 0.739. The van der Waals surface area contributed by atoms with Gasteiger partial charge in [-0.25, -0.2) is 0 Å². The van der Waals surface area contributed by atoms with Crippen LogP contribution in [0.2, 0.25) is 0 Å². The van der Waals surface area contributed by atoms with E-state index in [4.69, 9.17) is 4.74 Å². The number of aliphatic hydroxyl groups excluding tert-OH is 1. The molecule has 0 saturated heterocycles. The largest absolute Gasteiger partial charge is 0.480 e. The van der Waals surface area contributed by atoms with Crippen molar-refractivity contribution in [1.29, 1.82) is 0 Å². The highest BCUT2D eigenvalue weighted by Gasteiger charge is 2.39. The number of hydrogen-bond donors (Lipinski definition) is 1. The van der Waals surface area contributed by atoms with Crippen LogP contribution in [-0.4, -0.2) is 16.9 Å². The Bertz CT molecular complexity index is 757. The SMILES string of the molecule is CC(C)(C)c1ccc(OC2(C(O)c3ccccc3)C=CN=CC2)cc1. The molecule has 0 bridgehead atoms. The minimum Gasteiger partial charge on any atom is -0.480 e. The summed E-state index contributed by atoms with van der Waals surface area (Å²) in [4.78, 5) is 4.14. The third kappa shape index (κ3) is 3.83. The first-order valence-electron chi connectivity index (χ1n) is 8.63. The van der Waals surface area contributed by atoms with Crippen molar-refractivity contribution in [3.05, 3.63) is 78.0 Å². The van der Waals surface area contributed by atoms with Gasteiger partial charge in [-0.2, -0.15) is 0 Å². The molecule has 0 radical (unpaired) electrons. The van der Waals surface area contributed by atoms with Crippen molar-refractivity contribution in [2.75, 3.05) is 0 Å².